The van der Waals surface area contributed by atoms with Gasteiger partial charge in [-0.3, -0.25) is 9.69 Å². The lowest BCUT2D eigenvalue weighted by Crippen LogP contribution is -2.32. The first-order chi connectivity index (χ1) is 18.0. The van der Waals surface area contributed by atoms with Crippen LogP contribution in [0.2, 0.25) is 0 Å². The van der Waals surface area contributed by atoms with Crippen LogP contribution in [0.4, 0.5) is 0 Å². The van der Waals surface area contributed by atoms with Gasteiger partial charge in [0.2, 0.25) is 0 Å². The number of rotatable bonds is 10. The fraction of sp³-hybridized carbons (Fsp3) is 0.310. The summed E-state index contributed by atoms with van der Waals surface area (Å²) < 4.78 is 7.58. The van der Waals surface area contributed by atoms with Crippen molar-refractivity contribution in [2.45, 2.75) is 59.3 Å². The standard InChI is InChI=1S/C29H32N6O2/c1-4-9-27(28-31-32-33-35(28)17-22-10-6-5-7-11-22)34(19-24-12-8-13-37-24)18-23-16-25-21(3)14-20(2)15-26(25)30-29(23)36/h5-8,10-16,27H,4,9,17-19H2,1-3H3,(H,30,36)/t27-/m0/s1. The molecule has 0 amide bonds. The van der Waals surface area contributed by atoms with Crippen LogP contribution in [0.15, 0.2) is 76.1 Å². The number of fused-ring (bicyclic) bond motifs is 1. The molecule has 0 aliphatic heterocycles. The third-order valence-electron chi connectivity index (χ3n) is 6.74. The summed E-state index contributed by atoms with van der Waals surface area (Å²) in [5.41, 5.74) is 4.87. The van der Waals surface area contributed by atoms with E-state index in [2.05, 4.69) is 57.5 Å². The zero-order valence-corrected chi connectivity index (χ0v) is 21.5. The molecule has 190 valence electrons. The summed E-state index contributed by atoms with van der Waals surface area (Å²) in [6.45, 7) is 7.81. The first kappa shape index (κ1) is 24.6. The van der Waals surface area contributed by atoms with Gasteiger partial charge >= 0.3 is 0 Å². The van der Waals surface area contributed by atoms with Crippen molar-refractivity contribution < 1.29 is 4.42 Å². The Labute approximate surface area is 215 Å². The molecule has 0 unspecified atom stereocenters. The second-order valence-electron chi connectivity index (χ2n) is 9.64. The summed E-state index contributed by atoms with van der Waals surface area (Å²) in [7, 11) is 0. The molecule has 0 bridgehead atoms. The van der Waals surface area contributed by atoms with Crippen molar-refractivity contribution in [3.8, 4) is 0 Å². The van der Waals surface area contributed by atoms with E-state index in [1.165, 1.54) is 0 Å². The van der Waals surface area contributed by atoms with Crippen molar-refractivity contribution in [2.24, 2.45) is 0 Å². The minimum absolute atomic E-state index is 0.0823. The van der Waals surface area contributed by atoms with E-state index in [4.69, 9.17) is 4.42 Å². The number of tetrazole rings is 1. The van der Waals surface area contributed by atoms with Crippen LogP contribution in [0.1, 0.15) is 59.6 Å². The number of nitrogens with zero attached hydrogens (tertiary/aromatic N) is 5. The van der Waals surface area contributed by atoms with Crippen LogP contribution in [0.3, 0.4) is 0 Å². The Bertz CT molecular complexity index is 1520. The molecule has 8 nitrogen and oxygen atoms in total. The molecular weight excluding hydrogens is 464 g/mol. The van der Waals surface area contributed by atoms with Gasteiger partial charge in [0.25, 0.3) is 5.56 Å². The topological polar surface area (TPSA) is 92.8 Å². The molecule has 5 rings (SSSR count). The molecule has 0 aliphatic rings. The van der Waals surface area contributed by atoms with E-state index in [1.807, 2.05) is 54.1 Å². The fourth-order valence-electron chi connectivity index (χ4n) is 5.00. The van der Waals surface area contributed by atoms with Gasteiger partial charge < -0.3 is 9.40 Å². The van der Waals surface area contributed by atoms with Crippen LogP contribution in [0.25, 0.3) is 10.9 Å². The molecule has 37 heavy (non-hydrogen) atoms. The zero-order valence-electron chi connectivity index (χ0n) is 21.5. The van der Waals surface area contributed by atoms with Gasteiger partial charge in [0.15, 0.2) is 5.82 Å². The smallest absolute Gasteiger partial charge is 0.252 e. The van der Waals surface area contributed by atoms with Gasteiger partial charge in [0, 0.05) is 23.0 Å². The largest absolute Gasteiger partial charge is 0.468 e. The van der Waals surface area contributed by atoms with Gasteiger partial charge in [-0.05, 0) is 71.7 Å². The average molecular weight is 497 g/mol. The van der Waals surface area contributed by atoms with Crippen LogP contribution < -0.4 is 5.56 Å². The normalized spacial score (nSPS) is 12.4. The molecule has 3 heterocycles. The summed E-state index contributed by atoms with van der Waals surface area (Å²) in [6.07, 6.45) is 3.44. The van der Waals surface area contributed by atoms with Crippen LogP contribution in [0, 0.1) is 13.8 Å². The third kappa shape index (κ3) is 5.54. The van der Waals surface area contributed by atoms with Crippen LogP contribution in [0.5, 0.6) is 0 Å². The van der Waals surface area contributed by atoms with Gasteiger partial charge in [-0.2, -0.15) is 0 Å². The SMILES string of the molecule is CCC[C@@H](c1nnnn1Cc1ccccc1)N(Cc1ccco1)Cc1cc2c(C)cc(C)cc2[nH]c1=O. The maximum Gasteiger partial charge on any atom is 0.252 e. The van der Waals surface area contributed by atoms with Crippen molar-refractivity contribution in [1.29, 1.82) is 0 Å². The van der Waals surface area contributed by atoms with E-state index in [1.54, 1.807) is 6.26 Å². The maximum atomic E-state index is 13.2. The minimum Gasteiger partial charge on any atom is -0.468 e. The number of aromatic nitrogens is 5. The molecule has 0 fully saturated rings. The van der Waals surface area contributed by atoms with E-state index in [9.17, 15) is 4.79 Å². The highest BCUT2D eigenvalue weighted by atomic mass is 16.3. The highest BCUT2D eigenvalue weighted by Gasteiger charge is 2.27. The summed E-state index contributed by atoms with van der Waals surface area (Å²) in [5, 5.41) is 13.9. The first-order valence-corrected chi connectivity index (χ1v) is 12.7. The Hall–Kier alpha value is -4.04. The van der Waals surface area contributed by atoms with Gasteiger partial charge in [0.1, 0.15) is 5.76 Å². The molecule has 0 radical (unpaired) electrons. The quantitative estimate of drug-likeness (QED) is 0.281. The number of benzene rings is 2. The molecule has 1 atom stereocenters. The predicted octanol–water partition coefficient (Wildman–Crippen LogP) is 5.32. The minimum atomic E-state index is -0.108. The van der Waals surface area contributed by atoms with Crippen LogP contribution in [-0.2, 0) is 19.6 Å². The lowest BCUT2D eigenvalue weighted by molar-refractivity contribution is 0.144. The molecule has 3 aromatic heterocycles. The molecule has 0 spiro atoms. The lowest BCUT2D eigenvalue weighted by atomic mass is 10.0. The van der Waals surface area contributed by atoms with Gasteiger partial charge in [0.05, 0.1) is 25.4 Å². The summed E-state index contributed by atoms with van der Waals surface area (Å²) in [5.74, 6) is 1.61. The Morgan fingerprint density at radius 1 is 1.05 bits per heavy atom. The van der Waals surface area contributed by atoms with Crippen molar-refractivity contribution in [1.82, 2.24) is 30.1 Å². The number of nitrogens with one attached hydrogen (secondary N) is 1. The average Bonchev–Trinajstić information content (AvgIpc) is 3.56. The lowest BCUT2D eigenvalue weighted by Gasteiger charge is -2.30. The van der Waals surface area contributed by atoms with Gasteiger partial charge in [-0.25, -0.2) is 4.68 Å². The van der Waals surface area contributed by atoms with Crippen molar-refractivity contribution >= 4 is 10.9 Å². The zero-order chi connectivity index (χ0) is 25.8. The Morgan fingerprint density at radius 2 is 1.89 bits per heavy atom. The van der Waals surface area contributed by atoms with Crippen LogP contribution >= 0.6 is 0 Å². The maximum absolute atomic E-state index is 13.2. The number of H-pyrrole nitrogens is 1. The van der Waals surface area contributed by atoms with E-state index >= 15 is 0 Å². The molecular formula is C29H32N6O2. The predicted molar refractivity (Wildman–Crippen MR) is 143 cm³/mol. The summed E-state index contributed by atoms with van der Waals surface area (Å²) >= 11 is 0. The van der Waals surface area contributed by atoms with E-state index in [-0.39, 0.29) is 11.6 Å². The molecule has 5 aromatic rings. The number of aromatic amines is 1. The number of pyridine rings is 1. The Morgan fingerprint density at radius 3 is 2.65 bits per heavy atom. The third-order valence-corrected chi connectivity index (χ3v) is 6.74. The van der Waals surface area contributed by atoms with E-state index in [0.29, 0.717) is 25.2 Å². The monoisotopic (exact) mass is 496 g/mol. The summed E-state index contributed by atoms with van der Waals surface area (Å²) in [6, 6.07) is 20.1. The number of hydrogen-bond donors (Lipinski definition) is 1. The van der Waals surface area contributed by atoms with E-state index < -0.39 is 0 Å². The molecule has 8 heteroatoms. The molecule has 0 aliphatic carbocycles. The highest BCUT2D eigenvalue weighted by molar-refractivity contribution is 5.83. The number of hydrogen-bond acceptors (Lipinski definition) is 6. The second kappa shape index (κ2) is 10.9. The molecule has 0 saturated heterocycles. The van der Waals surface area contributed by atoms with E-state index in [0.717, 1.165) is 52.0 Å². The van der Waals surface area contributed by atoms with Crippen molar-refractivity contribution in [3.05, 3.63) is 111 Å². The first-order valence-electron chi connectivity index (χ1n) is 12.7. The number of furan rings is 1. The molecule has 0 saturated carbocycles. The Balaban J connectivity index is 1.54. The summed E-state index contributed by atoms with van der Waals surface area (Å²) in [4.78, 5) is 18.6. The van der Waals surface area contributed by atoms with Gasteiger partial charge in [-0.15, -0.1) is 5.10 Å². The number of aryl methyl sites for hydroxylation is 2. The van der Waals surface area contributed by atoms with Crippen LogP contribution in [-0.4, -0.2) is 30.1 Å². The highest BCUT2D eigenvalue weighted by Crippen LogP contribution is 2.29. The fourth-order valence-corrected chi connectivity index (χ4v) is 5.00. The van der Waals surface area contributed by atoms with Gasteiger partial charge in [-0.1, -0.05) is 49.7 Å². The Kier molecular flexibility index (Phi) is 7.28. The second-order valence-corrected chi connectivity index (χ2v) is 9.64. The van der Waals surface area contributed by atoms with Crippen molar-refractivity contribution in [2.75, 3.05) is 0 Å². The molecule has 1 N–H and O–H groups in total. The van der Waals surface area contributed by atoms with Crippen molar-refractivity contribution in [3.63, 3.8) is 0 Å². The molecule has 2 aromatic carbocycles.